The van der Waals surface area contributed by atoms with Crippen LogP contribution in [0.5, 0.6) is 0 Å². The van der Waals surface area contributed by atoms with Gasteiger partial charge in [-0.25, -0.2) is 0 Å². The van der Waals surface area contributed by atoms with Gasteiger partial charge in [0, 0.05) is 26.7 Å². The van der Waals surface area contributed by atoms with Crippen molar-refractivity contribution >= 4 is 37.5 Å². The van der Waals surface area contributed by atoms with Crippen LogP contribution in [0.1, 0.15) is 36.8 Å². The first-order valence-corrected chi connectivity index (χ1v) is 8.28. The molecular weight excluding hydrogens is 382 g/mol. The van der Waals surface area contributed by atoms with Crippen LogP contribution in [0.15, 0.2) is 27.1 Å². The SMILES string of the molecule is CCn1nc(C)c(C(C)Nc2cc(Br)ccc2Br)c1C. The first-order valence-electron chi connectivity index (χ1n) is 6.69. The Balaban J connectivity index is 2.30. The van der Waals surface area contributed by atoms with Gasteiger partial charge in [0.15, 0.2) is 0 Å². The number of benzene rings is 1. The molecule has 0 aliphatic heterocycles. The number of nitrogens with one attached hydrogen (secondary N) is 1. The van der Waals surface area contributed by atoms with Gasteiger partial charge in [0.25, 0.3) is 0 Å². The minimum absolute atomic E-state index is 0.209. The Bertz CT molecular complexity index is 620. The van der Waals surface area contributed by atoms with Crippen molar-refractivity contribution in [3.8, 4) is 0 Å². The van der Waals surface area contributed by atoms with Crippen LogP contribution in [0.2, 0.25) is 0 Å². The summed E-state index contributed by atoms with van der Waals surface area (Å²) in [7, 11) is 0. The summed E-state index contributed by atoms with van der Waals surface area (Å²) in [5.41, 5.74) is 4.68. The maximum absolute atomic E-state index is 4.59. The van der Waals surface area contributed by atoms with E-state index in [0.29, 0.717) is 0 Å². The van der Waals surface area contributed by atoms with Crippen LogP contribution in [-0.4, -0.2) is 9.78 Å². The summed E-state index contributed by atoms with van der Waals surface area (Å²) in [4.78, 5) is 0. The molecule has 0 saturated carbocycles. The van der Waals surface area contributed by atoms with Crippen LogP contribution in [0, 0.1) is 13.8 Å². The fourth-order valence-electron chi connectivity index (χ4n) is 2.56. The van der Waals surface area contributed by atoms with Crippen molar-refractivity contribution in [2.75, 3.05) is 5.32 Å². The smallest absolute Gasteiger partial charge is 0.0649 e. The highest BCUT2D eigenvalue weighted by molar-refractivity contribution is 9.11. The second-order valence-electron chi connectivity index (χ2n) is 4.89. The van der Waals surface area contributed by atoms with Gasteiger partial charge < -0.3 is 5.32 Å². The van der Waals surface area contributed by atoms with Crippen LogP contribution in [0.4, 0.5) is 5.69 Å². The van der Waals surface area contributed by atoms with E-state index in [-0.39, 0.29) is 6.04 Å². The van der Waals surface area contributed by atoms with Crippen LogP contribution in [0.25, 0.3) is 0 Å². The number of anilines is 1. The molecule has 0 radical (unpaired) electrons. The molecule has 1 aromatic carbocycles. The Morgan fingerprint density at radius 2 is 2.00 bits per heavy atom. The lowest BCUT2D eigenvalue weighted by atomic mass is 10.1. The van der Waals surface area contributed by atoms with Gasteiger partial charge in [0.2, 0.25) is 0 Å². The maximum Gasteiger partial charge on any atom is 0.0649 e. The molecule has 20 heavy (non-hydrogen) atoms. The topological polar surface area (TPSA) is 29.9 Å². The molecule has 3 nitrogen and oxygen atoms in total. The Hall–Kier alpha value is -0.810. The molecule has 0 aliphatic carbocycles. The molecule has 0 bridgehead atoms. The summed E-state index contributed by atoms with van der Waals surface area (Å²) in [5.74, 6) is 0. The highest BCUT2D eigenvalue weighted by Crippen LogP contribution is 2.31. The van der Waals surface area contributed by atoms with E-state index in [1.54, 1.807) is 0 Å². The minimum atomic E-state index is 0.209. The summed E-state index contributed by atoms with van der Waals surface area (Å²) < 4.78 is 4.18. The molecule has 108 valence electrons. The number of aromatic nitrogens is 2. The third kappa shape index (κ3) is 3.09. The van der Waals surface area contributed by atoms with Gasteiger partial charge in [0.1, 0.15) is 0 Å². The van der Waals surface area contributed by atoms with E-state index in [4.69, 9.17) is 0 Å². The number of halogens is 2. The molecule has 0 amide bonds. The lowest BCUT2D eigenvalue weighted by Crippen LogP contribution is -2.09. The van der Waals surface area contributed by atoms with Crippen LogP contribution in [-0.2, 0) is 6.54 Å². The zero-order valence-corrected chi connectivity index (χ0v) is 15.3. The third-order valence-corrected chi connectivity index (χ3v) is 4.66. The van der Waals surface area contributed by atoms with Gasteiger partial charge in [-0.05, 0) is 61.8 Å². The van der Waals surface area contributed by atoms with Crippen molar-refractivity contribution < 1.29 is 0 Å². The van der Waals surface area contributed by atoms with Crippen molar-refractivity contribution in [3.63, 3.8) is 0 Å². The quantitative estimate of drug-likeness (QED) is 0.762. The van der Waals surface area contributed by atoms with Gasteiger partial charge in [-0.1, -0.05) is 15.9 Å². The fraction of sp³-hybridized carbons (Fsp3) is 0.400. The monoisotopic (exact) mass is 399 g/mol. The second-order valence-corrected chi connectivity index (χ2v) is 6.66. The summed E-state index contributed by atoms with van der Waals surface area (Å²) in [6.45, 7) is 9.39. The van der Waals surface area contributed by atoms with E-state index in [2.05, 4.69) is 80.7 Å². The second kappa shape index (κ2) is 6.31. The van der Waals surface area contributed by atoms with E-state index in [0.717, 1.165) is 26.9 Å². The molecule has 1 heterocycles. The van der Waals surface area contributed by atoms with Gasteiger partial charge in [0.05, 0.1) is 17.4 Å². The van der Waals surface area contributed by atoms with Crippen LogP contribution >= 0.6 is 31.9 Å². The molecule has 0 fully saturated rings. The highest BCUT2D eigenvalue weighted by Gasteiger charge is 2.17. The lowest BCUT2D eigenvalue weighted by molar-refractivity contribution is 0.632. The van der Waals surface area contributed by atoms with E-state index >= 15 is 0 Å². The van der Waals surface area contributed by atoms with Crippen molar-refractivity contribution in [1.29, 1.82) is 0 Å². The molecule has 0 spiro atoms. The predicted molar refractivity (Wildman–Crippen MR) is 91.3 cm³/mol. The minimum Gasteiger partial charge on any atom is -0.377 e. The first-order chi connectivity index (χ1) is 9.43. The van der Waals surface area contributed by atoms with E-state index < -0.39 is 0 Å². The van der Waals surface area contributed by atoms with Gasteiger partial charge in [-0.3, -0.25) is 4.68 Å². The first kappa shape index (κ1) is 15.6. The molecule has 1 N–H and O–H groups in total. The number of hydrogen-bond acceptors (Lipinski definition) is 2. The molecule has 5 heteroatoms. The zero-order valence-electron chi connectivity index (χ0n) is 12.2. The Morgan fingerprint density at radius 3 is 2.60 bits per heavy atom. The Morgan fingerprint density at radius 1 is 1.30 bits per heavy atom. The molecule has 2 aromatic rings. The normalized spacial score (nSPS) is 12.5. The fourth-order valence-corrected chi connectivity index (χ4v) is 3.28. The van der Waals surface area contributed by atoms with E-state index in [9.17, 15) is 0 Å². The molecule has 1 aromatic heterocycles. The van der Waals surface area contributed by atoms with Crippen molar-refractivity contribution in [2.24, 2.45) is 0 Å². The predicted octanol–water partition coefficient (Wildman–Crippen LogP) is 5.22. The number of aryl methyl sites for hydroxylation is 2. The van der Waals surface area contributed by atoms with Crippen LogP contribution in [0.3, 0.4) is 0 Å². The third-order valence-electron chi connectivity index (χ3n) is 3.47. The molecule has 1 unspecified atom stereocenters. The number of nitrogens with zero attached hydrogens (tertiary/aromatic N) is 2. The Kier molecular flexibility index (Phi) is 4.91. The summed E-state index contributed by atoms with van der Waals surface area (Å²) in [6.07, 6.45) is 0. The maximum atomic E-state index is 4.59. The molecule has 2 rings (SSSR count). The molecular formula is C15H19Br2N3. The Labute approximate surface area is 137 Å². The summed E-state index contributed by atoms with van der Waals surface area (Å²) >= 11 is 7.09. The average Bonchev–Trinajstić information content (AvgIpc) is 2.68. The molecule has 0 saturated heterocycles. The van der Waals surface area contributed by atoms with E-state index in [1.807, 2.05) is 12.1 Å². The summed E-state index contributed by atoms with van der Waals surface area (Å²) in [6, 6.07) is 6.34. The largest absolute Gasteiger partial charge is 0.377 e. The van der Waals surface area contributed by atoms with E-state index in [1.165, 1.54) is 11.3 Å². The van der Waals surface area contributed by atoms with Crippen LogP contribution < -0.4 is 5.32 Å². The molecule has 1 atom stereocenters. The lowest BCUT2D eigenvalue weighted by Gasteiger charge is -2.17. The number of hydrogen-bond donors (Lipinski definition) is 1. The number of rotatable bonds is 4. The van der Waals surface area contributed by atoms with Gasteiger partial charge >= 0.3 is 0 Å². The van der Waals surface area contributed by atoms with Crippen molar-refractivity contribution in [1.82, 2.24) is 9.78 Å². The standard InChI is InChI=1S/C15H19Br2N3/c1-5-20-11(4)15(10(3)19-20)9(2)18-14-8-12(16)6-7-13(14)17/h6-9,18H,5H2,1-4H3. The summed E-state index contributed by atoms with van der Waals surface area (Å²) in [5, 5.41) is 8.14. The molecule has 0 aliphatic rings. The van der Waals surface area contributed by atoms with Gasteiger partial charge in [-0.15, -0.1) is 0 Å². The average molecular weight is 401 g/mol. The van der Waals surface area contributed by atoms with Crippen molar-refractivity contribution in [3.05, 3.63) is 44.1 Å². The van der Waals surface area contributed by atoms with Gasteiger partial charge in [-0.2, -0.15) is 5.10 Å². The van der Waals surface area contributed by atoms with Crippen molar-refractivity contribution in [2.45, 2.75) is 40.3 Å². The zero-order chi connectivity index (χ0) is 14.9. The highest BCUT2D eigenvalue weighted by atomic mass is 79.9.